The van der Waals surface area contributed by atoms with Gasteiger partial charge in [-0.3, -0.25) is 19.9 Å². The Morgan fingerprint density at radius 3 is 2.21 bits per heavy atom. The number of aliphatic carboxylic acids is 1. The first-order chi connectivity index (χ1) is 28.0. The van der Waals surface area contributed by atoms with E-state index < -0.39 is 12.1 Å². The number of halogens is 3. The molecular weight excluding hydrogens is 748 g/mol. The van der Waals surface area contributed by atoms with Crippen LogP contribution >= 0.6 is 0 Å². The molecule has 6 aromatic rings. The third-order valence-corrected chi connectivity index (χ3v) is 10.4. The number of carboxylic acids is 1. The Bertz CT molecular complexity index is 2260. The molecule has 0 spiro atoms. The van der Waals surface area contributed by atoms with E-state index in [-0.39, 0.29) is 0 Å². The number of fused-ring (bicyclic) bond motifs is 1. The van der Waals surface area contributed by atoms with Crippen molar-refractivity contribution in [2.75, 3.05) is 71.4 Å². The first-order valence-corrected chi connectivity index (χ1v) is 19.3. The van der Waals surface area contributed by atoms with E-state index in [0.29, 0.717) is 11.7 Å². The van der Waals surface area contributed by atoms with Crippen molar-refractivity contribution in [1.29, 1.82) is 0 Å². The number of carboxylic acid groups (broad SMARTS) is 1. The minimum Gasteiger partial charge on any atom is -0.475 e. The van der Waals surface area contributed by atoms with E-state index in [9.17, 15) is 13.2 Å². The highest BCUT2D eigenvalue weighted by Crippen LogP contribution is 2.34. The van der Waals surface area contributed by atoms with Gasteiger partial charge >= 0.3 is 12.1 Å². The Morgan fingerprint density at radius 2 is 1.55 bits per heavy atom. The quantitative estimate of drug-likeness (QED) is 0.162. The van der Waals surface area contributed by atoms with Crippen molar-refractivity contribution in [2.24, 2.45) is 0 Å². The third kappa shape index (κ3) is 10.2. The van der Waals surface area contributed by atoms with Crippen LogP contribution in [0.3, 0.4) is 0 Å². The molecule has 4 aromatic heterocycles. The Balaban J connectivity index is 0.000000672. The number of nitrogens with zero attached hydrogens (tertiary/aromatic N) is 10. The minimum atomic E-state index is -5.08. The fraction of sp³-hybridized carbons (Fsp3) is 0.357. The number of hydrogen-bond donors (Lipinski definition) is 2. The predicted molar refractivity (Wildman–Crippen MR) is 216 cm³/mol. The van der Waals surface area contributed by atoms with E-state index in [2.05, 4.69) is 110 Å². The summed E-state index contributed by atoms with van der Waals surface area (Å²) in [5, 5.41) is 15.7. The highest BCUT2D eigenvalue weighted by Gasteiger charge is 2.38. The van der Waals surface area contributed by atoms with Crippen LogP contribution in [0.25, 0.3) is 44.9 Å². The molecule has 13 nitrogen and oxygen atoms in total. The lowest BCUT2D eigenvalue weighted by Crippen LogP contribution is -2.48. The summed E-state index contributed by atoms with van der Waals surface area (Å²) in [6.45, 7) is 8.97. The zero-order valence-corrected chi connectivity index (χ0v) is 32.5. The van der Waals surface area contributed by atoms with Gasteiger partial charge < -0.3 is 14.9 Å². The minimum absolute atomic E-state index is 0.381. The van der Waals surface area contributed by atoms with E-state index in [1.54, 1.807) is 6.20 Å². The zero-order chi connectivity index (χ0) is 40.6. The van der Waals surface area contributed by atoms with Gasteiger partial charge in [-0.15, -0.1) is 0 Å². The van der Waals surface area contributed by atoms with Crippen LogP contribution in [0.1, 0.15) is 30.1 Å². The van der Waals surface area contributed by atoms with Gasteiger partial charge in [0.1, 0.15) is 11.5 Å². The molecular formula is C42H46F3N11O2. The molecule has 0 unspecified atom stereocenters. The lowest BCUT2D eigenvalue weighted by atomic mass is 9.95. The molecule has 0 radical (unpaired) electrons. The molecule has 6 heterocycles. The second-order valence-corrected chi connectivity index (χ2v) is 14.8. The number of pyridine rings is 2. The van der Waals surface area contributed by atoms with E-state index >= 15 is 0 Å². The Kier molecular flexibility index (Phi) is 12.6. The lowest BCUT2D eigenvalue weighted by molar-refractivity contribution is -0.192. The van der Waals surface area contributed by atoms with Gasteiger partial charge in [-0.1, -0.05) is 60.7 Å². The van der Waals surface area contributed by atoms with E-state index in [1.165, 1.54) is 5.56 Å². The van der Waals surface area contributed by atoms with Gasteiger partial charge in [0.05, 0.1) is 5.69 Å². The normalized spacial score (nSPS) is 15.7. The van der Waals surface area contributed by atoms with Gasteiger partial charge in [0, 0.05) is 80.6 Å². The summed E-state index contributed by atoms with van der Waals surface area (Å²) in [5.41, 5.74) is 7.07. The molecule has 8 rings (SSSR count). The number of piperazine rings is 1. The van der Waals surface area contributed by atoms with Gasteiger partial charge in [-0.05, 0) is 69.4 Å². The van der Waals surface area contributed by atoms with Crippen molar-refractivity contribution in [3.63, 3.8) is 0 Å². The summed E-state index contributed by atoms with van der Waals surface area (Å²) in [6, 6.07) is 27.4. The molecule has 0 aliphatic carbocycles. The van der Waals surface area contributed by atoms with E-state index in [1.807, 2.05) is 24.4 Å². The molecule has 0 amide bonds. The van der Waals surface area contributed by atoms with E-state index in [0.717, 1.165) is 123 Å². The van der Waals surface area contributed by atoms with Crippen LogP contribution in [0.2, 0.25) is 0 Å². The lowest BCUT2D eigenvalue weighted by Gasteiger charge is -2.35. The Labute approximate surface area is 334 Å². The number of carbonyl (C=O) groups is 1. The summed E-state index contributed by atoms with van der Waals surface area (Å²) in [6.07, 6.45) is 0.727. The molecule has 2 fully saturated rings. The number of likely N-dealkylation sites (tertiary alicyclic amines) is 1. The number of likely N-dealkylation sites (N-methyl/N-ethyl adjacent to an activating group) is 1. The molecule has 16 heteroatoms. The van der Waals surface area contributed by atoms with Crippen LogP contribution in [-0.4, -0.2) is 134 Å². The number of aromatic nitrogens is 7. The van der Waals surface area contributed by atoms with Crippen molar-refractivity contribution in [2.45, 2.75) is 31.5 Å². The maximum Gasteiger partial charge on any atom is 0.490 e. The summed E-state index contributed by atoms with van der Waals surface area (Å²) < 4.78 is 31.7. The number of nitrogens with one attached hydrogen (secondary N) is 1. The monoisotopic (exact) mass is 793 g/mol. The molecule has 0 atom stereocenters. The maximum atomic E-state index is 10.6. The van der Waals surface area contributed by atoms with Crippen LogP contribution in [0.15, 0.2) is 91.3 Å². The van der Waals surface area contributed by atoms with Crippen molar-refractivity contribution in [3.8, 4) is 33.9 Å². The molecule has 2 aromatic carbocycles. The van der Waals surface area contributed by atoms with Gasteiger partial charge in [0.25, 0.3) is 0 Å². The average molecular weight is 794 g/mol. The molecule has 0 saturated carbocycles. The van der Waals surface area contributed by atoms with Gasteiger partial charge in [-0.2, -0.15) is 23.3 Å². The number of anilines is 1. The first-order valence-electron chi connectivity index (χ1n) is 19.3. The molecule has 58 heavy (non-hydrogen) atoms. The molecule has 2 aliphatic heterocycles. The van der Waals surface area contributed by atoms with Gasteiger partial charge in [0.2, 0.25) is 5.95 Å². The van der Waals surface area contributed by atoms with Crippen molar-refractivity contribution in [1.82, 2.24) is 49.8 Å². The number of H-pyrrole nitrogens is 1. The standard InChI is InChI=1S/C40H45N11.C2HF3O2/c1-48(2)20-21-49-22-24-51(25-23-49)40-42-27-33-26-34(30-8-4-3-5-9-30)36(43-37(33)45-40)31-13-11-29(12-14-31)28-50-18-15-32(16-19-50)38-44-39(47-46-38)35-10-6-7-17-41-35;3-2(4,5)1(6)7/h3-14,17,26-27,32H,15-16,18-25,28H2,1-2H3,(H,44,46,47);(H,6,7). The highest BCUT2D eigenvalue weighted by molar-refractivity contribution is 5.90. The van der Waals surface area contributed by atoms with Gasteiger partial charge in [-0.25, -0.2) is 19.7 Å². The number of hydrogen-bond acceptors (Lipinski definition) is 11. The number of rotatable bonds is 10. The summed E-state index contributed by atoms with van der Waals surface area (Å²) in [4.78, 5) is 42.7. The molecule has 2 N–H and O–H groups in total. The zero-order valence-electron chi connectivity index (χ0n) is 32.5. The molecule has 2 aliphatic rings. The van der Waals surface area contributed by atoms with Gasteiger partial charge in [0.15, 0.2) is 11.5 Å². The smallest absolute Gasteiger partial charge is 0.475 e. The van der Waals surface area contributed by atoms with Crippen LogP contribution < -0.4 is 4.90 Å². The number of piperidine rings is 1. The summed E-state index contributed by atoms with van der Waals surface area (Å²) in [7, 11) is 4.26. The van der Waals surface area contributed by atoms with Crippen LogP contribution in [0, 0.1) is 0 Å². The number of benzene rings is 2. The SMILES string of the molecule is CN(C)CCN1CCN(c2ncc3cc(-c4ccccc4)c(-c4ccc(CN5CCC(c6nc(-c7ccccn7)n[nH]6)CC5)cc4)nc3n2)CC1.O=C(O)C(F)(F)F. The van der Waals surface area contributed by atoms with Crippen molar-refractivity contribution in [3.05, 3.63) is 103 Å². The van der Waals surface area contributed by atoms with Crippen molar-refractivity contribution < 1.29 is 23.1 Å². The predicted octanol–water partition coefficient (Wildman–Crippen LogP) is 6.24. The third-order valence-electron chi connectivity index (χ3n) is 10.4. The molecule has 2 saturated heterocycles. The summed E-state index contributed by atoms with van der Waals surface area (Å²) in [5.74, 6) is 0.0182. The Morgan fingerprint density at radius 1 is 0.845 bits per heavy atom. The Hall–Kier alpha value is -5.84. The fourth-order valence-corrected chi connectivity index (χ4v) is 7.13. The largest absolute Gasteiger partial charge is 0.490 e. The first kappa shape index (κ1) is 40.4. The summed E-state index contributed by atoms with van der Waals surface area (Å²) >= 11 is 0. The van der Waals surface area contributed by atoms with E-state index in [4.69, 9.17) is 29.8 Å². The van der Waals surface area contributed by atoms with Crippen molar-refractivity contribution >= 4 is 23.0 Å². The number of alkyl halides is 3. The second-order valence-electron chi connectivity index (χ2n) is 14.8. The topological polar surface area (TPSA) is 143 Å². The average Bonchev–Trinajstić information content (AvgIpc) is 3.74. The maximum absolute atomic E-state index is 10.6. The number of aromatic amines is 1. The molecule has 302 valence electrons. The highest BCUT2D eigenvalue weighted by atomic mass is 19.4. The second kappa shape index (κ2) is 18.2. The fourth-order valence-electron chi connectivity index (χ4n) is 7.13. The van der Waals surface area contributed by atoms with Crippen LogP contribution in [-0.2, 0) is 11.3 Å². The molecule has 0 bridgehead atoms. The van der Waals surface area contributed by atoms with Crippen LogP contribution in [0.5, 0.6) is 0 Å². The van der Waals surface area contributed by atoms with Crippen LogP contribution in [0.4, 0.5) is 19.1 Å².